The summed E-state index contributed by atoms with van der Waals surface area (Å²) in [4.78, 5) is 18.8. The van der Waals surface area contributed by atoms with Crippen molar-refractivity contribution in [3.63, 3.8) is 0 Å². The maximum Gasteiger partial charge on any atom is 0.251 e. The van der Waals surface area contributed by atoms with E-state index in [1.807, 2.05) is 24.3 Å². The number of pyridine rings is 2. The van der Waals surface area contributed by atoms with E-state index in [9.17, 15) is 9.18 Å². The van der Waals surface area contributed by atoms with Crippen molar-refractivity contribution in [1.82, 2.24) is 14.5 Å². The van der Waals surface area contributed by atoms with Crippen LogP contribution in [0.5, 0.6) is 0 Å². The molecule has 4 rings (SSSR count). The fraction of sp³-hybridized carbons (Fsp3) is 0.391. The number of benzene rings is 1. The number of aromatic nitrogens is 2. The number of rotatable bonds is 5. The highest BCUT2D eigenvalue weighted by Crippen LogP contribution is 2.25. The van der Waals surface area contributed by atoms with E-state index in [1.165, 1.54) is 0 Å². The Labute approximate surface area is 170 Å². The first-order chi connectivity index (χ1) is 14.0. The number of nitrogens with two attached hydrogens (primary N) is 1. The predicted molar refractivity (Wildman–Crippen MR) is 113 cm³/mol. The molecule has 1 aliphatic rings. The lowest BCUT2D eigenvalue weighted by molar-refractivity contribution is 0.111. The summed E-state index contributed by atoms with van der Waals surface area (Å²) >= 11 is 0. The van der Waals surface area contributed by atoms with Crippen LogP contribution in [0.3, 0.4) is 0 Å². The molecule has 2 N–H and O–H groups in total. The minimum absolute atomic E-state index is 0.0182. The molecule has 29 heavy (non-hydrogen) atoms. The van der Waals surface area contributed by atoms with Crippen LogP contribution in [0, 0.1) is 18.7 Å². The summed E-state index contributed by atoms with van der Waals surface area (Å²) in [5.74, 6) is 0.312. The summed E-state index contributed by atoms with van der Waals surface area (Å²) in [6.07, 6.45) is 6.18. The Balaban J connectivity index is 1.38. The predicted octanol–water partition coefficient (Wildman–Crippen LogP) is 3.08. The van der Waals surface area contributed by atoms with Gasteiger partial charge in [-0.05, 0) is 68.0 Å². The van der Waals surface area contributed by atoms with E-state index < -0.39 is 0 Å². The molecule has 5 nitrogen and oxygen atoms in total. The molecule has 3 heterocycles. The van der Waals surface area contributed by atoms with Crippen molar-refractivity contribution in [2.24, 2.45) is 11.7 Å². The quantitative estimate of drug-likeness (QED) is 0.722. The van der Waals surface area contributed by atoms with Crippen LogP contribution in [0.25, 0.3) is 10.9 Å². The Morgan fingerprint density at radius 1 is 1.21 bits per heavy atom. The van der Waals surface area contributed by atoms with Gasteiger partial charge in [0.25, 0.3) is 5.56 Å². The van der Waals surface area contributed by atoms with Crippen LogP contribution in [-0.4, -0.2) is 33.7 Å². The molecular weight excluding hydrogens is 367 g/mol. The van der Waals surface area contributed by atoms with Gasteiger partial charge in [-0.2, -0.15) is 0 Å². The summed E-state index contributed by atoms with van der Waals surface area (Å²) < 4.78 is 15.6. The maximum absolute atomic E-state index is 13.8. The minimum atomic E-state index is -0.140. The lowest BCUT2D eigenvalue weighted by Gasteiger charge is -2.37. The van der Waals surface area contributed by atoms with Crippen molar-refractivity contribution in [3.05, 3.63) is 76.1 Å². The van der Waals surface area contributed by atoms with E-state index in [2.05, 4.69) is 9.88 Å². The van der Waals surface area contributed by atoms with Gasteiger partial charge >= 0.3 is 0 Å². The third-order valence-corrected chi connectivity index (χ3v) is 6.03. The molecule has 152 valence electrons. The Kier molecular flexibility index (Phi) is 5.74. The first kappa shape index (κ1) is 19.7. The molecule has 3 aromatic rings. The average Bonchev–Trinajstić information content (AvgIpc) is 2.71. The van der Waals surface area contributed by atoms with Gasteiger partial charge in [-0.25, -0.2) is 4.39 Å². The zero-order valence-electron chi connectivity index (χ0n) is 16.7. The van der Waals surface area contributed by atoms with E-state index in [0.29, 0.717) is 18.0 Å². The Morgan fingerprint density at radius 2 is 2.07 bits per heavy atom. The van der Waals surface area contributed by atoms with E-state index in [0.717, 1.165) is 48.8 Å². The number of aryl methyl sites for hydroxylation is 1. The van der Waals surface area contributed by atoms with Crippen LogP contribution in [-0.2, 0) is 13.0 Å². The number of likely N-dealkylation sites (tertiary alicyclic amines) is 1. The number of hydrogen-bond acceptors (Lipinski definition) is 4. The van der Waals surface area contributed by atoms with Crippen LogP contribution in [0.1, 0.15) is 24.0 Å². The molecule has 1 saturated heterocycles. The summed E-state index contributed by atoms with van der Waals surface area (Å²) in [6.45, 7) is 3.98. The maximum atomic E-state index is 13.8. The fourth-order valence-electron chi connectivity index (χ4n) is 4.27. The largest absolute Gasteiger partial charge is 0.316 e. The lowest BCUT2D eigenvalue weighted by Crippen LogP contribution is -2.49. The van der Waals surface area contributed by atoms with Gasteiger partial charge in [0.1, 0.15) is 5.82 Å². The zero-order valence-corrected chi connectivity index (χ0v) is 16.7. The van der Waals surface area contributed by atoms with E-state index in [4.69, 9.17) is 5.73 Å². The van der Waals surface area contributed by atoms with Gasteiger partial charge in [0.05, 0.1) is 17.9 Å². The summed E-state index contributed by atoms with van der Waals surface area (Å²) in [7, 11) is 0. The molecule has 0 amide bonds. The second-order valence-electron chi connectivity index (χ2n) is 8.04. The van der Waals surface area contributed by atoms with E-state index in [1.54, 1.807) is 36.0 Å². The number of piperidine rings is 1. The highest BCUT2D eigenvalue weighted by molar-refractivity contribution is 5.77. The standard InChI is InChI=1S/C23H27FN4O/c1-16-2-3-17(13-20(16)24)12-18-7-9-27(22(25)14-18)10-11-28-21-15-26-8-6-19(21)4-5-23(28)29/h2-6,8,13,15,18,22H,7,9-12,14,25H2,1H3. The Bertz CT molecular complexity index is 1060. The molecule has 1 fully saturated rings. The number of fused-ring (bicyclic) bond motifs is 1. The first-order valence-corrected chi connectivity index (χ1v) is 10.2. The molecule has 0 saturated carbocycles. The lowest BCUT2D eigenvalue weighted by atomic mass is 9.88. The SMILES string of the molecule is Cc1ccc(CC2CCN(CCn3c(=O)ccc4ccncc43)C(N)C2)cc1F. The second kappa shape index (κ2) is 8.43. The highest BCUT2D eigenvalue weighted by atomic mass is 19.1. The molecule has 1 aromatic carbocycles. The second-order valence-corrected chi connectivity index (χ2v) is 8.04. The molecule has 6 heteroatoms. The van der Waals surface area contributed by atoms with Gasteiger partial charge in [0.2, 0.25) is 0 Å². The summed E-state index contributed by atoms with van der Waals surface area (Å²) in [5.41, 5.74) is 8.99. The molecule has 2 atom stereocenters. The van der Waals surface area contributed by atoms with Gasteiger partial charge < -0.3 is 10.3 Å². The average molecular weight is 394 g/mol. The van der Waals surface area contributed by atoms with E-state index in [-0.39, 0.29) is 17.5 Å². The van der Waals surface area contributed by atoms with Crippen LogP contribution < -0.4 is 11.3 Å². The smallest absolute Gasteiger partial charge is 0.251 e. The molecule has 0 radical (unpaired) electrons. The molecule has 0 bridgehead atoms. The van der Waals surface area contributed by atoms with Crippen LogP contribution >= 0.6 is 0 Å². The zero-order chi connectivity index (χ0) is 20.4. The van der Waals surface area contributed by atoms with Crippen molar-refractivity contribution in [1.29, 1.82) is 0 Å². The van der Waals surface area contributed by atoms with Gasteiger partial charge in [-0.15, -0.1) is 0 Å². The van der Waals surface area contributed by atoms with Crippen molar-refractivity contribution >= 4 is 10.9 Å². The van der Waals surface area contributed by atoms with Crippen molar-refractivity contribution in [2.75, 3.05) is 13.1 Å². The third-order valence-electron chi connectivity index (χ3n) is 6.03. The van der Waals surface area contributed by atoms with Crippen LogP contribution in [0.4, 0.5) is 4.39 Å². The van der Waals surface area contributed by atoms with Crippen molar-refractivity contribution in [2.45, 2.75) is 38.9 Å². The van der Waals surface area contributed by atoms with Gasteiger partial charge in [0.15, 0.2) is 0 Å². The summed E-state index contributed by atoms with van der Waals surface area (Å²) in [5, 5.41) is 1.01. The molecule has 0 spiro atoms. The number of halogens is 1. The normalized spacial score (nSPS) is 20.2. The third kappa shape index (κ3) is 4.38. The number of nitrogens with zero attached hydrogens (tertiary/aromatic N) is 3. The highest BCUT2D eigenvalue weighted by Gasteiger charge is 2.26. The van der Waals surface area contributed by atoms with Crippen molar-refractivity contribution in [3.8, 4) is 0 Å². The van der Waals surface area contributed by atoms with Crippen LogP contribution in [0.15, 0.2) is 53.6 Å². The molecular formula is C23H27FN4O. The van der Waals surface area contributed by atoms with Crippen molar-refractivity contribution < 1.29 is 4.39 Å². The molecule has 0 aliphatic carbocycles. The monoisotopic (exact) mass is 394 g/mol. The molecule has 2 aromatic heterocycles. The van der Waals surface area contributed by atoms with Gasteiger partial charge in [-0.3, -0.25) is 14.7 Å². The van der Waals surface area contributed by atoms with Gasteiger partial charge in [-0.1, -0.05) is 12.1 Å². The minimum Gasteiger partial charge on any atom is -0.316 e. The Morgan fingerprint density at radius 3 is 2.86 bits per heavy atom. The molecule has 2 unspecified atom stereocenters. The van der Waals surface area contributed by atoms with E-state index >= 15 is 0 Å². The fourth-order valence-corrected chi connectivity index (χ4v) is 4.27. The first-order valence-electron chi connectivity index (χ1n) is 10.2. The Hall–Kier alpha value is -2.57. The molecule has 1 aliphatic heterocycles. The number of hydrogen-bond donors (Lipinski definition) is 1. The van der Waals surface area contributed by atoms with Gasteiger partial charge in [0, 0.05) is 30.7 Å². The van der Waals surface area contributed by atoms with Crippen LogP contribution in [0.2, 0.25) is 0 Å². The summed E-state index contributed by atoms with van der Waals surface area (Å²) in [6, 6.07) is 10.9. The topological polar surface area (TPSA) is 64.2 Å².